The van der Waals surface area contributed by atoms with Crippen molar-refractivity contribution in [2.75, 3.05) is 5.73 Å². The summed E-state index contributed by atoms with van der Waals surface area (Å²) in [6.45, 7) is 2.03. The van der Waals surface area contributed by atoms with Crippen molar-refractivity contribution in [3.8, 4) is 0 Å². The van der Waals surface area contributed by atoms with E-state index in [-0.39, 0.29) is 17.9 Å². The Kier molecular flexibility index (Phi) is 3.55. The number of hydrogen-bond acceptors (Lipinski definition) is 3. The summed E-state index contributed by atoms with van der Waals surface area (Å²) >= 11 is 0. The first-order chi connectivity index (χ1) is 7.25. The molecule has 0 unspecified atom stereocenters. The van der Waals surface area contributed by atoms with Crippen LogP contribution in [0.1, 0.15) is 5.56 Å². The summed E-state index contributed by atoms with van der Waals surface area (Å²) in [6, 6.07) is 7.67. The SMILES string of the molecule is Cc1cccn2c1nc1[13cH][13cH][13c](N)nc12.Cl.O. The summed E-state index contributed by atoms with van der Waals surface area (Å²) in [6.07, 6.45) is 1.95. The highest BCUT2D eigenvalue weighted by molar-refractivity contribution is 5.85. The number of rotatable bonds is 0. The zero-order valence-corrected chi connectivity index (χ0v) is 10.0. The molecule has 0 radical (unpaired) electrons. The number of nitrogen functional groups attached to an aromatic ring is 1. The van der Waals surface area contributed by atoms with E-state index in [1.54, 1.807) is 6.07 Å². The van der Waals surface area contributed by atoms with Crippen molar-refractivity contribution in [2.24, 2.45) is 0 Å². The second kappa shape index (κ2) is 4.57. The average Bonchev–Trinajstić information content (AvgIpc) is 2.58. The number of nitrogens with two attached hydrogens (primary N) is 1. The van der Waals surface area contributed by atoms with Crippen molar-refractivity contribution in [1.82, 2.24) is 14.4 Å². The number of aromatic nitrogens is 3. The van der Waals surface area contributed by atoms with Gasteiger partial charge in [0.15, 0.2) is 5.65 Å². The fourth-order valence-corrected chi connectivity index (χ4v) is 1.76. The van der Waals surface area contributed by atoms with E-state index in [9.17, 15) is 0 Å². The number of hydrogen-bond donors (Lipinski definition) is 1. The van der Waals surface area contributed by atoms with E-state index in [0.29, 0.717) is 5.82 Å². The van der Waals surface area contributed by atoms with Gasteiger partial charge in [0.25, 0.3) is 0 Å². The Morgan fingerprint density at radius 3 is 2.65 bits per heavy atom. The molecule has 3 heterocycles. The lowest BCUT2D eigenvalue weighted by Crippen LogP contribution is -1.92. The highest BCUT2D eigenvalue weighted by Crippen LogP contribution is 2.17. The number of nitrogens with zero attached hydrogens (tertiary/aromatic N) is 3. The fourth-order valence-electron chi connectivity index (χ4n) is 1.76. The van der Waals surface area contributed by atoms with Crippen LogP contribution in [0.3, 0.4) is 0 Å². The third kappa shape index (κ3) is 1.90. The van der Waals surface area contributed by atoms with E-state index in [1.165, 1.54) is 0 Å². The lowest BCUT2D eigenvalue weighted by molar-refractivity contribution is 0.824. The molecule has 0 atom stereocenters. The molecule has 0 aliphatic heterocycles. The van der Waals surface area contributed by atoms with Crippen LogP contribution in [0.25, 0.3) is 16.8 Å². The monoisotopic (exact) mass is 255 g/mol. The Labute approximate surface area is 104 Å². The number of aryl methyl sites for hydroxylation is 1. The highest BCUT2D eigenvalue weighted by atomic mass is 35.5. The Balaban J connectivity index is 0.000000722. The largest absolute Gasteiger partial charge is 0.412 e. The van der Waals surface area contributed by atoms with Gasteiger partial charge in [-0.25, -0.2) is 9.97 Å². The second-order valence-electron chi connectivity index (χ2n) is 3.58. The first kappa shape index (κ1) is 13.2. The molecule has 0 aliphatic rings. The normalized spacial score (nSPS) is 9.94. The number of pyridine rings is 2. The van der Waals surface area contributed by atoms with Gasteiger partial charge in [-0.05, 0) is 30.7 Å². The molecule has 17 heavy (non-hydrogen) atoms. The number of halogens is 1. The van der Waals surface area contributed by atoms with E-state index in [0.717, 1.165) is 22.4 Å². The molecule has 0 amide bonds. The van der Waals surface area contributed by atoms with Gasteiger partial charge >= 0.3 is 0 Å². The van der Waals surface area contributed by atoms with Crippen molar-refractivity contribution in [2.45, 2.75) is 6.92 Å². The number of anilines is 1. The molecule has 6 heteroatoms. The third-order valence-corrected chi connectivity index (χ3v) is 2.49. The lowest BCUT2D eigenvalue weighted by Gasteiger charge is -1.96. The van der Waals surface area contributed by atoms with Crippen molar-refractivity contribution in [3.05, 3.63) is 36.0 Å². The van der Waals surface area contributed by atoms with Gasteiger partial charge in [-0.1, -0.05) is 6.07 Å². The number of imidazole rings is 1. The zero-order chi connectivity index (χ0) is 10.4. The van der Waals surface area contributed by atoms with Crippen LogP contribution >= 0.6 is 12.4 Å². The van der Waals surface area contributed by atoms with Crippen LogP contribution in [0.4, 0.5) is 5.82 Å². The summed E-state index contributed by atoms with van der Waals surface area (Å²) in [5.41, 5.74) is 9.42. The van der Waals surface area contributed by atoms with Crippen LogP contribution in [-0.2, 0) is 0 Å². The van der Waals surface area contributed by atoms with Gasteiger partial charge in [0.05, 0.1) is 0 Å². The third-order valence-electron chi connectivity index (χ3n) is 2.49. The Morgan fingerprint density at radius 1 is 1.12 bits per heavy atom. The summed E-state index contributed by atoms with van der Waals surface area (Å²) in [5, 5.41) is 0. The molecule has 0 saturated carbocycles. The van der Waals surface area contributed by atoms with Gasteiger partial charge < -0.3 is 11.2 Å². The summed E-state index contributed by atoms with van der Waals surface area (Å²) in [4.78, 5) is 8.78. The van der Waals surface area contributed by atoms with Gasteiger partial charge in [-0.15, -0.1) is 12.4 Å². The second-order valence-corrected chi connectivity index (χ2v) is 3.58. The van der Waals surface area contributed by atoms with Crippen LogP contribution in [0.5, 0.6) is 0 Å². The van der Waals surface area contributed by atoms with Crippen molar-refractivity contribution in [3.63, 3.8) is 0 Å². The molecular formula is C11H13ClN4O. The van der Waals surface area contributed by atoms with E-state index in [1.807, 2.05) is 35.7 Å². The zero-order valence-electron chi connectivity index (χ0n) is 9.21. The van der Waals surface area contributed by atoms with Crippen LogP contribution in [0.2, 0.25) is 0 Å². The summed E-state index contributed by atoms with van der Waals surface area (Å²) in [7, 11) is 0. The van der Waals surface area contributed by atoms with Crippen molar-refractivity contribution in [1.29, 1.82) is 0 Å². The quantitative estimate of drug-likeness (QED) is 0.658. The smallest absolute Gasteiger partial charge is 0.166 e. The molecular weight excluding hydrogens is 243 g/mol. The van der Waals surface area contributed by atoms with Crippen LogP contribution < -0.4 is 5.73 Å². The van der Waals surface area contributed by atoms with Gasteiger partial charge in [-0.3, -0.25) is 4.40 Å². The molecule has 3 aromatic heterocycles. The van der Waals surface area contributed by atoms with Gasteiger partial charge in [0, 0.05) is 6.20 Å². The van der Waals surface area contributed by atoms with E-state index in [2.05, 4.69) is 9.97 Å². The van der Waals surface area contributed by atoms with Gasteiger partial charge in [0.1, 0.15) is 17.0 Å². The summed E-state index contributed by atoms with van der Waals surface area (Å²) in [5.74, 6) is 0.519. The van der Waals surface area contributed by atoms with E-state index >= 15 is 0 Å². The fraction of sp³-hybridized carbons (Fsp3) is 0.0909. The lowest BCUT2D eigenvalue weighted by atomic mass is 10.3. The van der Waals surface area contributed by atoms with E-state index in [4.69, 9.17) is 5.73 Å². The topological polar surface area (TPSA) is 87.7 Å². The first-order valence-electron chi connectivity index (χ1n) is 4.75. The average molecular weight is 256 g/mol. The molecule has 0 bridgehead atoms. The van der Waals surface area contributed by atoms with E-state index < -0.39 is 0 Å². The minimum Gasteiger partial charge on any atom is -0.412 e. The first-order valence-corrected chi connectivity index (χ1v) is 4.75. The van der Waals surface area contributed by atoms with Crippen LogP contribution in [0, 0.1) is 6.92 Å². The maximum Gasteiger partial charge on any atom is 0.166 e. The maximum absolute atomic E-state index is 5.66. The van der Waals surface area contributed by atoms with Crippen LogP contribution in [-0.4, -0.2) is 19.8 Å². The Hall–Kier alpha value is -1.85. The molecule has 3 aromatic rings. The molecule has 3 rings (SSSR count). The molecule has 0 fully saturated rings. The van der Waals surface area contributed by atoms with Crippen molar-refractivity contribution >= 4 is 35.0 Å². The molecule has 90 valence electrons. The molecule has 5 nitrogen and oxygen atoms in total. The minimum atomic E-state index is 0. The highest BCUT2D eigenvalue weighted by Gasteiger charge is 2.06. The standard InChI is InChI=1S/C11H10N4.ClH.H2O/c1-7-3-2-6-15-10(7)13-8-4-5-9(12)14-11(8)15;;/h2-6H,1H3,(H2,12,14);1H;1H2/i4+1,5+1,9+1;;. The predicted octanol–water partition coefficient (Wildman–Crippen LogP) is 1.37. The summed E-state index contributed by atoms with van der Waals surface area (Å²) < 4.78 is 1.96. The molecule has 0 saturated heterocycles. The molecule has 4 N–H and O–H groups in total. The maximum atomic E-state index is 5.66. The van der Waals surface area contributed by atoms with Gasteiger partial charge in [-0.2, -0.15) is 0 Å². The van der Waals surface area contributed by atoms with Gasteiger partial charge in [0.2, 0.25) is 0 Å². The van der Waals surface area contributed by atoms with Crippen molar-refractivity contribution < 1.29 is 5.48 Å². The molecule has 0 aromatic carbocycles. The predicted molar refractivity (Wildman–Crippen MR) is 70.5 cm³/mol. The molecule has 0 aliphatic carbocycles. The van der Waals surface area contributed by atoms with Crippen LogP contribution in [0.15, 0.2) is 30.5 Å². The Morgan fingerprint density at radius 2 is 1.88 bits per heavy atom. The Bertz CT molecular complexity index is 665. The minimum absolute atomic E-state index is 0. The number of fused-ring (bicyclic) bond motifs is 3. The molecule has 0 spiro atoms.